The fourth-order valence-electron chi connectivity index (χ4n) is 1.47. The summed E-state index contributed by atoms with van der Waals surface area (Å²) in [5.74, 6) is -0.376. The van der Waals surface area contributed by atoms with E-state index in [4.69, 9.17) is 34.8 Å². The standard InChI is InChI=1S/C10H6Cl3NO2/c11-5-3-6(12)10(7(13)4-5)14-8(15)1-2-9(14)16/h1-4,8,15H. The number of amides is 1. The van der Waals surface area contributed by atoms with Crippen molar-refractivity contribution in [2.75, 3.05) is 4.90 Å². The summed E-state index contributed by atoms with van der Waals surface area (Å²) in [7, 11) is 0. The molecule has 2 rings (SSSR count). The minimum absolute atomic E-state index is 0.216. The fraction of sp³-hybridized carbons (Fsp3) is 0.100. The molecule has 0 fully saturated rings. The van der Waals surface area contributed by atoms with Crippen LogP contribution in [0, 0.1) is 0 Å². The normalized spacial score (nSPS) is 19.6. The molecule has 1 aromatic carbocycles. The molecule has 0 aliphatic carbocycles. The maximum atomic E-state index is 11.5. The number of rotatable bonds is 1. The Morgan fingerprint density at radius 3 is 2.19 bits per heavy atom. The zero-order valence-electron chi connectivity index (χ0n) is 7.82. The van der Waals surface area contributed by atoms with Crippen molar-refractivity contribution < 1.29 is 9.90 Å². The number of hydrogen-bond acceptors (Lipinski definition) is 2. The summed E-state index contributed by atoms with van der Waals surface area (Å²) >= 11 is 17.6. The zero-order valence-corrected chi connectivity index (χ0v) is 10.1. The highest BCUT2D eigenvalue weighted by Crippen LogP contribution is 2.38. The third-order valence-corrected chi connectivity index (χ3v) is 2.93. The molecule has 1 amide bonds. The minimum atomic E-state index is -1.05. The van der Waals surface area contributed by atoms with Gasteiger partial charge in [0.2, 0.25) is 0 Å². The number of hydrogen-bond donors (Lipinski definition) is 1. The molecular weight excluding hydrogens is 272 g/mol. The third-order valence-electron chi connectivity index (χ3n) is 2.14. The molecule has 1 aliphatic rings. The number of anilines is 1. The average Bonchev–Trinajstić information content (AvgIpc) is 2.47. The number of carbonyl (C=O) groups excluding carboxylic acids is 1. The summed E-state index contributed by atoms with van der Waals surface area (Å²) in [6.07, 6.45) is 1.55. The van der Waals surface area contributed by atoms with E-state index in [0.29, 0.717) is 5.02 Å². The van der Waals surface area contributed by atoms with Crippen molar-refractivity contribution >= 4 is 46.4 Å². The van der Waals surface area contributed by atoms with Gasteiger partial charge in [0.1, 0.15) is 0 Å². The first-order valence-corrected chi connectivity index (χ1v) is 5.48. The molecule has 0 radical (unpaired) electrons. The molecule has 6 heteroatoms. The van der Waals surface area contributed by atoms with Crippen LogP contribution in [0.15, 0.2) is 24.3 Å². The van der Waals surface area contributed by atoms with Crippen molar-refractivity contribution in [1.82, 2.24) is 0 Å². The van der Waals surface area contributed by atoms with E-state index in [1.807, 2.05) is 0 Å². The van der Waals surface area contributed by atoms with Crippen LogP contribution in [-0.4, -0.2) is 17.2 Å². The van der Waals surface area contributed by atoms with Gasteiger partial charge < -0.3 is 5.11 Å². The van der Waals surface area contributed by atoms with E-state index < -0.39 is 6.23 Å². The third kappa shape index (κ3) is 1.92. The van der Waals surface area contributed by atoms with Crippen molar-refractivity contribution in [2.24, 2.45) is 0 Å². The Labute approximate surface area is 107 Å². The highest BCUT2D eigenvalue weighted by Gasteiger charge is 2.29. The SMILES string of the molecule is O=C1C=CC(O)N1c1c(Cl)cc(Cl)cc1Cl. The Morgan fingerprint density at radius 1 is 1.19 bits per heavy atom. The Bertz CT molecular complexity index is 464. The van der Waals surface area contributed by atoms with Crippen LogP contribution >= 0.6 is 34.8 Å². The summed E-state index contributed by atoms with van der Waals surface area (Å²) in [5, 5.41) is 10.4. The first kappa shape index (κ1) is 11.7. The smallest absolute Gasteiger partial charge is 0.253 e. The van der Waals surface area contributed by atoms with Gasteiger partial charge in [-0.25, -0.2) is 0 Å². The van der Waals surface area contributed by atoms with E-state index in [1.54, 1.807) is 0 Å². The fourth-order valence-corrected chi connectivity index (χ4v) is 2.47. The molecule has 16 heavy (non-hydrogen) atoms. The first-order valence-electron chi connectivity index (χ1n) is 4.34. The maximum absolute atomic E-state index is 11.5. The van der Waals surface area contributed by atoms with Gasteiger partial charge in [-0.05, 0) is 18.2 Å². The van der Waals surface area contributed by atoms with E-state index in [2.05, 4.69) is 0 Å². The lowest BCUT2D eigenvalue weighted by atomic mass is 10.3. The number of benzene rings is 1. The van der Waals surface area contributed by atoms with Crippen molar-refractivity contribution in [3.63, 3.8) is 0 Å². The van der Waals surface area contributed by atoms with Crippen LogP contribution in [0.3, 0.4) is 0 Å². The quantitative estimate of drug-likeness (QED) is 0.858. The second-order valence-electron chi connectivity index (χ2n) is 3.20. The van der Waals surface area contributed by atoms with Crippen molar-refractivity contribution in [1.29, 1.82) is 0 Å². The molecule has 0 aromatic heterocycles. The molecule has 0 saturated heterocycles. The van der Waals surface area contributed by atoms with E-state index >= 15 is 0 Å². The monoisotopic (exact) mass is 277 g/mol. The summed E-state index contributed by atoms with van der Waals surface area (Å²) in [6.45, 7) is 0. The zero-order chi connectivity index (χ0) is 11.9. The van der Waals surface area contributed by atoms with E-state index in [9.17, 15) is 9.90 Å². The van der Waals surface area contributed by atoms with Crippen LogP contribution in [0.5, 0.6) is 0 Å². The van der Waals surface area contributed by atoms with Crippen LogP contribution in [0.25, 0.3) is 0 Å². The van der Waals surface area contributed by atoms with Crippen LogP contribution in [0.1, 0.15) is 0 Å². The molecule has 0 spiro atoms. The minimum Gasteiger partial charge on any atom is -0.369 e. The molecule has 1 aliphatic heterocycles. The highest BCUT2D eigenvalue weighted by atomic mass is 35.5. The molecule has 84 valence electrons. The van der Waals surface area contributed by atoms with Crippen molar-refractivity contribution in [3.8, 4) is 0 Å². The molecular formula is C10H6Cl3NO2. The first-order chi connectivity index (χ1) is 7.50. The maximum Gasteiger partial charge on any atom is 0.253 e. The van der Waals surface area contributed by atoms with Gasteiger partial charge in [0.25, 0.3) is 5.91 Å². The number of carbonyl (C=O) groups is 1. The molecule has 1 atom stereocenters. The lowest BCUT2D eigenvalue weighted by Crippen LogP contribution is -2.33. The predicted molar refractivity (Wildman–Crippen MR) is 64.1 cm³/mol. The van der Waals surface area contributed by atoms with Gasteiger partial charge in [-0.1, -0.05) is 34.8 Å². The highest BCUT2D eigenvalue weighted by molar-refractivity contribution is 6.42. The van der Waals surface area contributed by atoms with Gasteiger partial charge in [-0.15, -0.1) is 0 Å². The van der Waals surface area contributed by atoms with Crippen LogP contribution in [-0.2, 0) is 4.79 Å². The lowest BCUT2D eigenvalue weighted by molar-refractivity contribution is -0.114. The van der Waals surface area contributed by atoms with Crippen molar-refractivity contribution in [2.45, 2.75) is 6.23 Å². The summed E-state index contributed by atoms with van der Waals surface area (Å²) in [4.78, 5) is 12.6. The molecule has 1 unspecified atom stereocenters. The van der Waals surface area contributed by atoms with Gasteiger partial charge in [0.05, 0.1) is 15.7 Å². The Kier molecular flexibility index (Phi) is 3.13. The summed E-state index contributed by atoms with van der Waals surface area (Å²) in [5.41, 5.74) is 0.259. The molecule has 1 N–H and O–H groups in total. The number of aliphatic hydroxyl groups excluding tert-OH is 1. The van der Waals surface area contributed by atoms with Crippen LogP contribution in [0.2, 0.25) is 15.1 Å². The number of aliphatic hydroxyl groups is 1. The molecule has 1 aromatic rings. The second-order valence-corrected chi connectivity index (χ2v) is 4.45. The van der Waals surface area contributed by atoms with Gasteiger partial charge in [-0.2, -0.15) is 0 Å². The van der Waals surface area contributed by atoms with Gasteiger partial charge in [0.15, 0.2) is 6.23 Å². The number of halogens is 3. The van der Waals surface area contributed by atoms with E-state index in [0.717, 1.165) is 4.90 Å². The Morgan fingerprint density at radius 2 is 1.75 bits per heavy atom. The summed E-state index contributed by atoms with van der Waals surface area (Å²) < 4.78 is 0. The number of nitrogens with zero attached hydrogens (tertiary/aromatic N) is 1. The van der Waals surface area contributed by atoms with Gasteiger partial charge in [0, 0.05) is 11.1 Å². The van der Waals surface area contributed by atoms with E-state index in [-0.39, 0.29) is 21.6 Å². The van der Waals surface area contributed by atoms with E-state index in [1.165, 1.54) is 24.3 Å². The Balaban J connectivity index is 2.53. The molecule has 0 saturated carbocycles. The van der Waals surface area contributed by atoms with Gasteiger partial charge in [-0.3, -0.25) is 9.69 Å². The Hall–Kier alpha value is -0.740. The topological polar surface area (TPSA) is 40.5 Å². The van der Waals surface area contributed by atoms with Gasteiger partial charge >= 0.3 is 0 Å². The van der Waals surface area contributed by atoms with Crippen molar-refractivity contribution in [3.05, 3.63) is 39.4 Å². The largest absolute Gasteiger partial charge is 0.369 e. The second kappa shape index (κ2) is 4.26. The molecule has 0 bridgehead atoms. The average molecular weight is 279 g/mol. The van der Waals surface area contributed by atoms with Crippen LogP contribution < -0.4 is 4.90 Å². The summed E-state index contributed by atoms with van der Waals surface area (Å²) in [6, 6.07) is 2.92. The molecule has 1 heterocycles. The lowest BCUT2D eigenvalue weighted by Gasteiger charge is -2.22. The molecule has 3 nitrogen and oxygen atoms in total. The van der Waals surface area contributed by atoms with Crippen LogP contribution in [0.4, 0.5) is 5.69 Å². The predicted octanol–water partition coefficient (Wildman–Crippen LogP) is 2.87.